The lowest BCUT2D eigenvalue weighted by atomic mass is 9.94. The van der Waals surface area contributed by atoms with Gasteiger partial charge >= 0.3 is 0 Å². The first kappa shape index (κ1) is 16.7. The first-order valence-electron chi connectivity index (χ1n) is 9.01. The van der Waals surface area contributed by atoms with Crippen molar-refractivity contribution in [2.75, 3.05) is 19.6 Å². The predicted octanol–water partition coefficient (Wildman–Crippen LogP) is 2.08. The van der Waals surface area contributed by atoms with Crippen molar-refractivity contribution in [3.8, 4) is 6.07 Å². The zero-order valence-corrected chi connectivity index (χ0v) is 14.6. The molecule has 6 heteroatoms. The highest BCUT2D eigenvalue weighted by Gasteiger charge is 2.37. The molecule has 5 heterocycles. The Labute approximate surface area is 153 Å². The van der Waals surface area contributed by atoms with Crippen LogP contribution in [0.1, 0.15) is 34.5 Å². The van der Waals surface area contributed by atoms with Crippen molar-refractivity contribution in [1.82, 2.24) is 19.8 Å². The second-order valence-corrected chi connectivity index (χ2v) is 7.15. The standard InChI is InChI=1S/C20H21N5O/c21-8-18-5-4-17(10-23-18)20(26)25-13-16-3-6-19(25)14-24(12-16)11-15-2-1-7-22-9-15/h1-2,4-5,7,9-10,16,19H,3,6,11-14H2/t16-,19+/m0/s1. The maximum absolute atomic E-state index is 13.0. The van der Waals surface area contributed by atoms with Crippen LogP contribution in [0.15, 0.2) is 42.9 Å². The molecule has 0 unspecified atom stereocenters. The van der Waals surface area contributed by atoms with Crippen LogP contribution in [0.25, 0.3) is 0 Å². The zero-order chi connectivity index (χ0) is 17.9. The lowest BCUT2D eigenvalue weighted by molar-refractivity contribution is 0.0584. The van der Waals surface area contributed by atoms with Crippen LogP contribution in [0.2, 0.25) is 0 Å². The fourth-order valence-corrected chi connectivity index (χ4v) is 4.06. The molecule has 5 rings (SSSR count). The maximum atomic E-state index is 13.0. The van der Waals surface area contributed by atoms with E-state index < -0.39 is 0 Å². The summed E-state index contributed by atoms with van der Waals surface area (Å²) in [6, 6.07) is 9.61. The number of carbonyl (C=O) groups excluding carboxylic acids is 1. The molecule has 26 heavy (non-hydrogen) atoms. The summed E-state index contributed by atoms with van der Waals surface area (Å²) in [6.07, 6.45) is 7.44. The summed E-state index contributed by atoms with van der Waals surface area (Å²) in [4.78, 5) is 25.7. The molecule has 2 aromatic rings. The SMILES string of the molecule is N#Cc1ccc(C(=O)N2C[C@H]3CC[C@@H]2CN(Cc2cccnc2)C3)cn1. The summed E-state index contributed by atoms with van der Waals surface area (Å²) in [7, 11) is 0. The molecule has 3 fully saturated rings. The molecule has 2 atom stereocenters. The van der Waals surface area contributed by atoms with Gasteiger partial charge in [0.2, 0.25) is 0 Å². The number of hydrogen-bond acceptors (Lipinski definition) is 5. The van der Waals surface area contributed by atoms with Gasteiger partial charge in [-0.1, -0.05) is 6.07 Å². The molecular weight excluding hydrogens is 326 g/mol. The highest BCUT2D eigenvalue weighted by atomic mass is 16.2. The predicted molar refractivity (Wildman–Crippen MR) is 96.0 cm³/mol. The molecule has 0 aliphatic carbocycles. The number of carbonyl (C=O) groups is 1. The van der Waals surface area contributed by atoms with E-state index in [1.807, 2.05) is 23.2 Å². The van der Waals surface area contributed by atoms with E-state index in [2.05, 4.69) is 20.9 Å². The van der Waals surface area contributed by atoms with Crippen molar-refractivity contribution in [2.24, 2.45) is 5.92 Å². The Morgan fingerprint density at radius 3 is 2.85 bits per heavy atom. The van der Waals surface area contributed by atoms with Gasteiger partial charge in [0.15, 0.2) is 0 Å². The molecule has 1 amide bonds. The van der Waals surface area contributed by atoms with Gasteiger partial charge in [-0.2, -0.15) is 5.26 Å². The summed E-state index contributed by atoms with van der Waals surface area (Å²) >= 11 is 0. The molecule has 0 N–H and O–H groups in total. The summed E-state index contributed by atoms with van der Waals surface area (Å²) in [5.41, 5.74) is 2.11. The minimum Gasteiger partial charge on any atom is -0.334 e. The highest BCUT2D eigenvalue weighted by molar-refractivity contribution is 5.94. The van der Waals surface area contributed by atoms with Crippen molar-refractivity contribution in [3.05, 3.63) is 59.7 Å². The summed E-state index contributed by atoms with van der Waals surface area (Å²) in [5.74, 6) is 0.528. The smallest absolute Gasteiger partial charge is 0.255 e. The van der Waals surface area contributed by atoms with E-state index in [0.717, 1.165) is 32.6 Å². The van der Waals surface area contributed by atoms with Crippen molar-refractivity contribution >= 4 is 5.91 Å². The quantitative estimate of drug-likeness (QED) is 0.850. The Morgan fingerprint density at radius 1 is 1.19 bits per heavy atom. The largest absolute Gasteiger partial charge is 0.334 e. The number of nitriles is 1. The summed E-state index contributed by atoms with van der Waals surface area (Å²) in [5, 5.41) is 8.87. The van der Waals surface area contributed by atoms with E-state index >= 15 is 0 Å². The van der Waals surface area contributed by atoms with Crippen LogP contribution >= 0.6 is 0 Å². The minimum absolute atomic E-state index is 0.0277. The van der Waals surface area contributed by atoms with Gasteiger partial charge in [-0.25, -0.2) is 4.98 Å². The van der Waals surface area contributed by atoms with Gasteiger partial charge in [0, 0.05) is 50.8 Å². The van der Waals surface area contributed by atoms with Crippen molar-refractivity contribution < 1.29 is 4.79 Å². The maximum Gasteiger partial charge on any atom is 0.255 e. The van der Waals surface area contributed by atoms with Gasteiger partial charge in [-0.3, -0.25) is 14.7 Å². The lowest BCUT2D eigenvalue weighted by Crippen LogP contribution is -2.47. The van der Waals surface area contributed by atoms with Gasteiger partial charge < -0.3 is 4.90 Å². The number of fused-ring (bicyclic) bond motifs is 4. The first-order valence-corrected chi connectivity index (χ1v) is 9.01. The van der Waals surface area contributed by atoms with Crippen LogP contribution in [0.5, 0.6) is 0 Å². The number of aromatic nitrogens is 2. The number of amides is 1. The molecule has 0 aromatic carbocycles. The Hall–Kier alpha value is -2.78. The zero-order valence-electron chi connectivity index (χ0n) is 14.6. The molecule has 3 saturated heterocycles. The minimum atomic E-state index is 0.0277. The number of rotatable bonds is 3. The van der Waals surface area contributed by atoms with E-state index in [4.69, 9.17) is 5.26 Å². The number of piperidine rings is 1. The summed E-state index contributed by atoms with van der Waals surface area (Å²) < 4.78 is 0. The molecule has 3 aliphatic rings. The summed E-state index contributed by atoms with van der Waals surface area (Å²) in [6.45, 7) is 3.58. The second kappa shape index (κ2) is 7.22. The molecule has 6 nitrogen and oxygen atoms in total. The Balaban J connectivity index is 1.49. The average Bonchev–Trinajstić information content (AvgIpc) is 2.99. The third-order valence-corrected chi connectivity index (χ3v) is 5.30. The Kier molecular flexibility index (Phi) is 4.63. The fourth-order valence-electron chi connectivity index (χ4n) is 4.06. The Morgan fingerprint density at radius 2 is 2.12 bits per heavy atom. The van der Waals surface area contributed by atoms with Crippen molar-refractivity contribution in [2.45, 2.75) is 25.4 Å². The van der Waals surface area contributed by atoms with E-state index in [1.165, 1.54) is 18.2 Å². The molecular formula is C20H21N5O. The van der Waals surface area contributed by atoms with E-state index in [1.54, 1.807) is 18.3 Å². The van der Waals surface area contributed by atoms with Gasteiger partial charge in [-0.15, -0.1) is 0 Å². The fraction of sp³-hybridized carbons (Fsp3) is 0.400. The topological polar surface area (TPSA) is 73.1 Å². The molecule has 0 radical (unpaired) electrons. The van der Waals surface area contributed by atoms with Crippen molar-refractivity contribution in [1.29, 1.82) is 5.26 Å². The Bertz CT molecular complexity index is 814. The van der Waals surface area contributed by atoms with E-state index in [0.29, 0.717) is 17.2 Å². The molecule has 0 saturated carbocycles. The van der Waals surface area contributed by atoms with Crippen LogP contribution < -0.4 is 0 Å². The van der Waals surface area contributed by atoms with Crippen LogP contribution in [-0.4, -0.2) is 51.4 Å². The third-order valence-electron chi connectivity index (χ3n) is 5.30. The van der Waals surface area contributed by atoms with Crippen LogP contribution in [0, 0.1) is 17.2 Å². The lowest BCUT2D eigenvalue weighted by Gasteiger charge is -2.36. The number of pyridine rings is 2. The average molecular weight is 347 g/mol. The monoisotopic (exact) mass is 347 g/mol. The van der Waals surface area contributed by atoms with E-state index in [-0.39, 0.29) is 11.9 Å². The molecule has 2 aromatic heterocycles. The number of hydrogen-bond donors (Lipinski definition) is 0. The van der Waals surface area contributed by atoms with Crippen LogP contribution in [0.4, 0.5) is 0 Å². The first-order chi connectivity index (χ1) is 12.7. The van der Waals surface area contributed by atoms with Crippen LogP contribution in [-0.2, 0) is 6.54 Å². The molecule has 3 aliphatic heterocycles. The number of nitrogens with zero attached hydrogens (tertiary/aromatic N) is 5. The van der Waals surface area contributed by atoms with Crippen LogP contribution in [0.3, 0.4) is 0 Å². The van der Waals surface area contributed by atoms with Crippen molar-refractivity contribution in [3.63, 3.8) is 0 Å². The normalized spacial score (nSPS) is 22.7. The highest BCUT2D eigenvalue weighted by Crippen LogP contribution is 2.29. The third kappa shape index (κ3) is 3.44. The van der Waals surface area contributed by atoms with Gasteiger partial charge in [-0.05, 0) is 42.5 Å². The molecule has 132 valence electrons. The van der Waals surface area contributed by atoms with Gasteiger partial charge in [0.05, 0.1) is 5.56 Å². The molecule has 2 bridgehead atoms. The van der Waals surface area contributed by atoms with E-state index in [9.17, 15) is 4.79 Å². The molecule has 0 spiro atoms. The second-order valence-electron chi connectivity index (χ2n) is 7.15. The van der Waals surface area contributed by atoms with Gasteiger partial charge in [0.25, 0.3) is 5.91 Å². The van der Waals surface area contributed by atoms with Gasteiger partial charge in [0.1, 0.15) is 11.8 Å².